The maximum atomic E-state index is 13.4. The Kier molecular flexibility index (Phi) is 4.92. The third-order valence-electron chi connectivity index (χ3n) is 5.18. The smallest absolute Gasteiger partial charge is 0.235 e. The van der Waals surface area contributed by atoms with Crippen LogP contribution in [0.1, 0.15) is 24.2 Å². The van der Waals surface area contributed by atoms with Crippen LogP contribution in [0.15, 0.2) is 48.5 Å². The number of H-pyrrole nitrogens is 1. The first-order valence-corrected chi connectivity index (χ1v) is 9.21. The van der Waals surface area contributed by atoms with Gasteiger partial charge in [-0.25, -0.2) is 9.37 Å². The minimum atomic E-state index is -0.731. The number of aryl methyl sites for hydroxylation is 1. The Hall–Kier alpha value is -3.06. The number of carbonyl (C=O) groups excluding carboxylic acids is 1. The Morgan fingerprint density at radius 2 is 1.79 bits per heavy atom. The number of nitrogens with zero attached hydrogens (tertiary/aromatic N) is 2. The quantitative estimate of drug-likeness (QED) is 0.725. The SMILES string of the molecule is Cc1nc(-c2ccc(NC(=O)C3(c4ccc(F)cc4)CCOCC3)cc2)n[nH]1. The second-order valence-corrected chi connectivity index (χ2v) is 6.98. The van der Waals surface area contributed by atoms with Gasteiger partial charge in [-0.05, 0) is 61.7 Å². The third-order valence-corrected chi connectivity index (χ3v) is 5.18. The monoisotopic (exact) mass is 380 g/mol. The molecule has 7 heteroatoms. The summed E-state index contributed by atoms with van der Waals surface area (Å²) in [6.07, 6.45) is 1.11. The molecule has 1 amide bonds. The first-order chi connectivity index (χ1) is 13.6. The summed E-state index contributed by atoms with van der Waals surface area (Å²) in [4.78, 5) is 17.5. The number of amides is 1. The number of ether oxygens (including phenoxy) is 1. The molecule has 2 aromatic carbocycles. The van der Waals surface area contributed by atoms with E-state index in [2.05, 4.69) is 20.5 Å². The predicted octanol–water partition coefficient (Wildman–Crippen LogP) is 3.61. The summed E-state index contributed by atoms with van der Waals surface area (Å²) in [6, 6.07) is 13.6. The van der Waals surface area contributed by atoms with Crippen molar-refractivity contribution in [3.05, 3.63) is 65.7 Å². The van der Waals surface area contributed by atoms with Crippen molar-refractivity contribution in [2.75, 3.05) is 18.5 Å². The van der Waals surface area contributed by atoms with Gasteiger partial charge < -0.3 is 10.1 Å². The average molecular weight is 380 g/mol. The lowest BCUT2D eigenvalue weighted by molar-refractivity contribution is -0.125. The van der Waals surface area contributed by atoms with Gasteiger partial charge in [0.05, 0.1) is 5.41 Å². The minimum absolute atomic E-state index is 0.108. The molecule has 1 aromatic heterocycles. The number of hydrogen-bond donors (Lipinski definition) is 2. The molecule has 0 atom stereocenters. The van der Waals surface area contributed by atoms with Crippen LogP contribution in [0, 0.1) is 12.7 Å². The highest BCUT2D eigenvalue weighted by atomic mass is 19.1. The molecule has 0 saturated carbocycles. The molecule has 0 bridgehead atoms. The van der Waals surface area contributed by atoms with Gasteiger partial charge in [-0.1, -0.05) is 12.1 Å². The first kappa shape index (κ1) is 18.3. The third kappa shape index (κ3) is 3.53. The van der Waals surface area contributed by atoms with Crippen LogP contribution in [0.4, 0.5) is 10.1 Å². The zero-order chi connectivity index (χ0) is 19.6. The molecule has 28 heavy (non-hydrogen) atoms. The predicted molar refractivity (Wildman–Crippen MR) is 103 cm³/mol. The van der Waals surface area contributed by atoms with Crippen LogP contribution in [-0.4, -0.2) is 34.3 Å². The Bertz CT molecular complexity index is 961. The number of aromatic amines is 1. The molecule has 1 aliphatic heterocycles. The van der Waals surface area contributed by atoms with Gasteiger partial charge in [0, 0.05) is 24.5 Å². The van der Waals surface area contributed by atoms with Crippen LogP contribution in [0.3, 0.4) is 0 Å². The number of rotatable bonds is 4. The van der Waals surface area contributed by atoms with Gasteiger partial charge in [-0.3, -0.25) is 9.89 Å². The number of halogens is 1. The van der Waals surface area contributed by atoms with E-state index in [1.807, 2.05) is 31.2 Å². The fraction of sp³-hybridized carbons (Fsp3) is 0.286. The molecule has 4 rings (SSSR count). The Labute approximate surface area is 162 Å². The Morgan fingerprint density at radius 3 is 2.39 bits per heavy atom. The molecule has 3 aromatic rings. The summed E-state index contributed by atoms with van der Waals surface area (Å²) in [5.41, 5.74) is 1.63. The molecular formula is C21H21FN4O2. The van der Waals surface area contributed by atoms with E-state index < -0.39 is 5.41 Å². The van der Waals surface area contributed by atoms with E-state index >= 15 is 0 Å². The van der Waals surface area contributed by atoms with Crippen molar-refractivity contribution in [3.63, 3.8) is 0 Å². The van der Waals surface area contributed by atoms with E-state index in [1.165, 1.54) is 12.1 Å². The highest BCUT2D eigenvalue weighted by molar-refractivity contribution is 5.99. The van der Waals surface area contributed by atoms with Gasteiger partial charge in [-0.2, -0.15) is 5.10 Å². The largest absolute Gasteiger partial charge is 0.381 e. The van der Waals surface area contributed by atoms with Crippen molar-refractivity contribution in [2.45, 2.75) is 25.2 Å². The van der Waals surface area contributed by atoms with Crippen molar-refractivity contribution >= 4 is 11.6 Å². The molecule has 0 unspecified atom stereocenters. The highest BCUT2D eigenvalue weighted by Gasteiger charge is 2.41. The van der Waals surface area contributed by atoms with Gasteiger partial charge in [-0.15, -0.1) is 0 Å². The molecule has 6 nitrogen and oxygen atoms in total. The van der Waals surface area contributed by atoms with Crippen LogP contribution in [0.25, 0.3) is 11.4 Å². The number of benzene rings is 2. The second-order valence-electron chi connectivity index (χ2n) is 6.98. The van der Waals surface area contributed by atoms with Crippen LogP contribution >= 0.6 is 0 Å². The van der Waals surface area contributed by atoms with E-state index in [1.54, 1.807) is 12.1 Å². The minimum Gasteiger partial charge on any atom is -0.381 e. The summed E-state index contributed by atoms with van der Waals surface area (Å²) in [7, 11) is 0. The molecule has 0 aliphatic carbocycles. The topological polar surface area (TPSA) is 79.9 Å². The lowest BCUT2D eigenvalue weighted by Gasteiger charge is -2.36. The van der Waals surface area contributed by atoms with Crippen LogP contribution < -0.4 is 5.32 Å². The first-order valence-electron chi connectivity index (χ1n) is 9.21. The summed E-state index contributed by atoms with van der Waals surface area (Å²) >= 11 is 0. The van der Waals surface area contributed by atoms with E-state index in [-0.39, 0.29) is 11.7 Å². The van der Waals surface area contributed by atoms with Crippen molar-refractivity contribution in [1.29, 1.82) is 0 Å². The average Bonchev–Trinajstić information content (AvgIpc) is 3.16. The zero-order valence-corrected chi connectivity index (χ0v) is 15.5. The second kappa shape index (κ2) is 7.52. The number of anilines is 1. The van der Waals surface area contributed by atoms with Gasteiger partial charge in [0.1, 0.15) is 11.6 Å². The normalized spacial score (nSPS) is 15.9. The molecule has 1 saturated heterocycles. The summed E-state index contributed by atoms with van der Waals surface area (Å²) < 4.78 is 18.8. The summed E-state index contributed by atoms with van der Waals surface area (Å²) in [5.74, 6) is 0.934. The van der Waals surface area contributed by atoms with Gasteiger partial charge in [0.15, 0.2) is 5.82 Å². The zero-order valence-electron chi connectivity index (χ0n) is 15.5. The molecule has 1 fully saturated rings. The standard InChI is InChI=1S/C21H21FN4O2/c1-14-23-19(26-25-14)15-2-8-18(9-3-15)24-20(27)21(10-12-28-13-11-21)16-4-6-17(22)7-5-16/h2-9H,10-13H2,1H3,(H,24,27)(H,23,25,26). The van der Waals surface area contributed by atoms with E-state index in [4.69, 9.17) is 4.74 Å². The van der Waals surface area contributed by atoms with Crippen LogP contribution in [0.2, 0.25) is 0 Å². The molecule has 1 aliphatic rings. The van der Waals surface area contributed by atoms with E-state index in [0.717, 1.165) is 17.0 Å². The van der Waals surface area contributed by atoms with Crippen molar-refractivity contribution in [3.8, 4) is 11.4 Å². The maximum Gasteiger partial charge on any atom is 0.235 e. The fourth-order valence-corrected chi connectivity index (χ4v) is 3.56. The lowest BCUT2D eigenvalue weighted by atomic mass is 9.73. The molecular weight excluding hydrogens is 359 g/mol. The molecule has 0 spiro atoms. The van der Waals surface area contributed by atoms with Gasteiger partial charge in [0.25, 0.3) is 0 Å². The van der Waals surface area contributed by atoms with E-state index in [9.17, 15) is 9.18 Å². The number of carbonyl (C=O) groups is 1. The molecule has 2 heterocycles. The summed E-state index contributed by atoms with van der Waals surface area (Å²) in [5, 5.41) is 9.97. The fourth-order valence-electron chi connectivity index (χ4n) is 3.56. The van der Waals surface area contributed by atoms with E-state index in [0.29, 0.717) is 37.6 Å². The highest BCUT2D eigenvalue weighted by Crippen LogP contribution is 2.36. The Morgan fingerprint density at radius 1 is 1.11 bits per heavy atom. The van der Waals surface area contributed by atoms with Gasteiger partial charge in [0.2, 0.25) is 5.91 Å². The van der Waals surface area contributed by atoms with Crippen molar-refractivity contribution in [1.82, 2.24) is 15.2 Å². The molecule has 144 valence electrons. The molecule has 0 radical (unpaired) electrons. The van der Waals surface area contributed by atoms with Crippen LogP contribution in [-0.2, 0) is 14.9 Å². The number of nitrogens with one attached hydrogen (secondary N) is 2. The van der Waals surface area contributed by atoms with Crippen molar-refractivity contribution in [2.24, 2.45) is 0 Å². The Balaban J connectivity index is 1.57. The van der Waals surface area contributed by atoms with Crippen LogP contribution in [0.5, 0.6) is 0 Å². The van der Waals surface area contributed by atoms with Crippen molar-refractivity contribution < 1.29 is 13.9 Å². The lowest BCUT2D eigenvalue weighted by Crippen LogP contribution is -2.44. The van der Waals surface area contributed by atoms with Gasteiger partial charge >= 0.3 is 0 Å². The number of aromatic nitrogens is 3. The number of hydrogen-bond acceptors (Lipinski definition) is 4. The summed E-state index contributed by atoms with van der Waals surface area (Å²) in [6.45, 7) is 2.83. The molecule has 2 N–H and O–H groups in total. The maximum absolute atomic E-state index is 13.4.